The Labute approximate surface area is 89.0 Å². The van der Waals surface area contributed by atoms with Crippen molar-refractivity contribution in [3.63, 3.8) is 0 Å². The Morgan fingerprint density at radius 3 is 2.67 bits per heavy atom. The molecule has 2 N–H and O–H groups in total. The molecule has 0 aliphatic heterocycles. The zero-order valence-electron chi connectivity index (χ0n) is 8.43. The van der Waals surface area contributed by atoms with Crippen LogP contribution in [0.2, 0.25) is 0 Å². The van der Waals surface area contributed by atoms with Crippen molar-refractivity contribution in [1.29, 1.82) is 0 Å². The van der Waals surface area contributed by atoms with Crippen molar-refractivity contribution in [2.75, 3.05) is 6.54 Å². The van der Waals surface area contributed by atoms with E-state index in [0.717, 1.165) is 17.7 Å². The van der Waals surface area contributed by atoms with Crippen LogP contribution in [0.3, 0.4) is 0 Å². The summed E-state index contributed by atoms with van der Waals surface area (Å²) in [6, 6.07) is 12.0. The van der Waals surface area contributed by atoms with E-state index in [2.05, 4.69) is 22.3 Å². The summed E-state index contributed by atoms with van der Waals surface area (Å²) < 4.78 is 0. The smallest absolute Gasteiger partial charge is 0.0932 e. The average molecular weight is 199 g/mol. The third kappa shape index (κ3) is 2.19. The van der Waals surface area contributed by atoms with Crippen molar-refractivity contribution in [1.82, 2.24) is 10.2 Å². The lowest BCUT2D eigenvalue weighted by atomic mass is 10.0. The van der Waals surface area contributed by atoms with Gasteiger partial charge in [-0.1, -0.05) is 24.3 Å². The lowest BCUT2D eigenvalue weighted by molar-refractivity contribution is 0.964. The summed E-state index contributed by atoms with van der Waals surface area (Å²) in [5.41, 5.74) is 8.82. The summed E-state index contributed by atoms with van der Waals surface area (Å²) in [6.07, 6.45) is 2.54. The molecule has 0 fully saturated rings. The standard InChI is InChI=1S/C12H13N3/c13-8-7-10-4-1-2-5-11(10)12-6-3-9-14-15-12/h1-6,9H,7-8,13H2. The molecule has 0 amide bonds. The average Bonchev–Trinajstić information content (AvgIpc) is 2.31. The molecule has 76 valence electrons. The third-order valence-corrected chi connectivity index (χ3v) is 2.28. The van der Waals surface area contributed by atoms with Gasteiger partial charge in [0.1, 0.15) is 0 Å². The molecular formula is C12H13N3. The Morgan fingerprint density at radius 2 is 1.93 bits per heavy atom. The highest BCUT2D eigenvalue weighted by atomic mass is 15.1. The maximum Gasteiger partial charge on any atom is 0.0932 e. The molecule has 0 atom stereocenters. The maximum absolute atomic E-state index is 5.57. The molecule has 3 nitrogen and oxygen atoms in total. The second kappa shape index (κ2) is 4.66. The van der Waals surface area contributed by atoms with E-state index in [1.165, 1.54) is 5.56 Å². The fourth-order valence-electron chi connectivity index (χ4n) is 1.59. The van der Waals surface area contributed by atoms with E-state index in [4.69, 9.17) is 5.73 Å². The van der Waals surface area contributed by atoms with Gasteiger partial charge in [-0.2, -0.15) is 10.2 Å². The predicted molar refractivity (Wildman–Crippen MR) is 60.2 cm³/mol. The minimum Gasteiger partial charge on any atom is -0.330 e. The molecule has 0 spiro atoms. The van der Waals surface area contributed by atoms with Gasteiger partial charge in [-0.3, -0.25) is 0 Å². The van der Waals surface area contributed by atoms with E-state index >= 15 is 0 Å². The summed E-state index contributed by atoms with van der Waals surface area (Å²) in [4.78, 5) is 0. The Hall–Kier alpha value is -1.74. The van der Waals surface area contributed by atoms with Gasteiger partial charge in [0, 0.05) is 11.8 Å². The third-order valence-electron chi connectivity index (χ3n) is 2.28. The van der Waals surface area contributed by atoms with Crippen LogP contribution in [0.25, 0.3) is 11.3 Å². The van der Waals surface area contributed by atoms with Crippen LogP contribution >= 0.6 is 0 Å². The Kier molecular flexibility index (Phi) is 3.05. The molecule has 0 radical (unpaired) electrons. The van der Waals surface area contributed by atoms with Crippen molar-refractivity contribution in [3.05, 3.63) is 48.2 Å². The number of hydrogen-bond donors (Lipinski definition) is 1. The SMILES string of the molecule is NCCc1ccccc1-c1cccnn1. The number of rotatable bonds is 3. The molecule has 2 aromatic rings. The van der Waals surface area contributed by atoms with Gasteiger partial charge in [-0.05, 0) is 30.7 Å². The Balaban J connectivity index is 2.43. The zero-order valence-corrected chi connectivity index (χ0v) is 8.43. The van der Waals surface area contributed by atoms with Crippen LogP contribution < -0.4 is 5.73 Å². The number of aromatic nitrogens is 2. The summed E-state index contributed by atoms with van der Waals surface area (Å²) in [7, 11) is 0. The van der Waals surface area contributed by atoms with Gasteiger partial charge in [0.05, 0.1) is 5.69 Å². The van der Waals surface area contributed by atoms with Crippen LogP contribution in [0.1, 0.15) is 5.56 Å². The van der Waals surface area contributed by atoms with Gasteiger partial charge in [-0.25, -0.2) is 0 Å². The summed E-state index contributed by atoms with van der Waals surface area (Å²) in [5.74, 6) is 0. The van der Waals surface area contributed by atoms with Crippen molar-refractivity contribution in [2.24, 2.45) is 5.73 Å². The number of benzene rings is 1. The minimum atomic E-state index is 0.650. The maximum atomic E-state index is 5.57. The largest absolute Gasteiger partial charge is 0.330 e. The Bertz CT molecular complexity index is 426. The summed E-state index contributed by atoms with van der Waals surface area (Å²) in [5, 5.41) is 7.98. The highest BCUT2D eigenvalue weighted by Crippen LogP contribution is 2.20. The fourth-order valence-corrected chi connectivity index (χ4v) is 1.59. The molecule has 0 aliphatic rings. The molecule has 1 aromatic heterocycles. The normalized spacial score (nSPS) is 10.2. The molecule has 1 heterocycles. The van der Waals surface area contributed by atoms with Crippen LogP contribution in [-0.4, -0.2) is 16.7 Å². The zero-order chi connectivity index (χ0) is 10.5. The van der Waals surface area contributed by atoms with Gasteiger partial charge in [-0.15, -0.1) is 0 Å². The fraction of sp³-hybridized carbons (Fsp3) is 0.167. The first-order chi connectivity index (χ1) is 7.42. The molecule has 15 heavy (non-hydrogen) atoms. The lowest BCUT2D eigenvalue weighted by Gasteiger charge is -2.06. The number of nitrogens with two attached hydrogens (primary N) is 1. The van der Waals surface area contributed by atoms with Gasteiger partial charge in [0.15, 0.2) is 0 Å². The van der Waals surface area contributed by atoms with Gasteiger partial charge >= 0.3 is 0 Å². The summed E-state index contributed by atoms with van der Waals surface area (Å²) >= 11 is 0. The van der Waals surface area contributed by atoms with Crippen molar-refractivity contribution in [2.45, 2.75) is 6.42 Å². The molecule has 2 rings (SSSR count). The van der Waals surface area contributed by atoms with Crippen molar-refractivity contribution in [3.8, 4) is 11.3 Å². The molecule has 0 saturated heterocycles. The quantitative estimate of drug-likeness (QED) is 0.817. The lowest BCUT2D eigenvalue weighted by Crippen LogP contribution is -2.04. The van der Waals surface area contributed by atoms with Crippen LogP contribution in [0.15, 0.2) is 42.6 Å². The number of hydrogen-bond acceptors (Lipinski definition) is 3. The first kappa shape index (κ1) is 9.80. The predicted octanol–water partition coefficient (Wildman–Crippen LogP) is 1.64. The molecule has 0 bridgehead atoms. The van der Waals surface area contributed by atoms with Crippen molar-refractivity contribution >= 4 is 0 Å². The van der Waals surface area contributed by atoms with Gasteiger partial charge in [0.25, 0.3) is 0 Å². The first-order valence-electron chi connectivity index (χ1n) is 4.98. The highest BCUT2D eigenvalue weighted by Gasteiger charge is 2.04. The van der Waals surface area contributed by atoms with E-state index in [-0.39, 0.29) is 0 Å². The molecule has 1 aromatic carbocycles. The van der Waals surface area contributed by atoms with E-state index in [1.54, 1.807) is 6.20 Å². The Morgan fingerprint density at radius 1 is 1.07 bits per heavy atom. The van der Waals surface area contributed by atoms with Crippen LogP contribution in [0, 0.1) is 0 Å². The van der Waals surface area contributed by atoms with E-state index in [9.17, 15) is 0 Å². The van der Waals surface area contributed by atoms with Crippen LogP contribution in [-0.2, 0) is 6.42 Å². The van der Waals surface area contributed by atoms with E-state index in [0.29, 0.717) is 6.54 Å². The minimum absolute atomic E-state index is 0.650. The first-order valence-corrected chi connectivity index (χ1v) is 4.98. The van der Waals surface area contributed by atoms with Gasteiger partial charge < -0.3 is 5.73 Å². The van der Waals surface area contributed by atoms with E-state index < -0.39 is 0 Å². The summed E-state index contributed by atoms with van der Waals surface area (Å²) in [6.45, 7) is 0.650. The molecule has 3 heteroatoms. The molecule has 0 aliphatic carbocycles. The van der Waals surface area contributed by atoms with E-state index in [1.807, 2.05) is 24.3 Å². The van der Waals surface area contributed by atoms with Crippen molar-refractivity contribution < 1.29 is 0 Å². The van der Waals surface area contributed by atoms with Crippen LogP contribution in [0.5, 0.6) is 0 Å². The molecule has 0 unspecified atom stereocenters. The molecular weight excluding hydrogens is 186 g/mol. The monoisotopic (exact) mass is 199 g/mol. The second-order valence-corrected chi connectivity index (χ2v) is 3.30. The molecule has 0 saturated carbocycles. The second-order valence-electron chi connectivity index (χ2n) is 3.30. The van der Waals surface area contributed by atoms with Gasteiger partial charge in [0.2, 0.25) is 0 Å². The van der Waals surface area contributed by atoms with Crippen LogP contribution in [0.4, 0.5) is 0 Å². The number of nitrogens with zero attached hydrogens (tertiary/aromatic N) is 2. The highest BCUT2D eigenvalue weighted by molar-refractivity contribution is 5.62. The topological polar surface area (TPSA) is 51.8 Å².